The summed E-state index contributed by atoms with van der Waals surface area (Å²) >= 11 is 0. The highest BCUT2D eigenvalue weighted by atomic mass is 16.3. The maximum absolute atomic E-state index is 10.8. The Morgan fingerprint density at radius 1 is 1.11 bits per heavy atom. The fourth-order valence-electron chi connectivity index (χ4n) is 4.38. The molecule has 3 atom stereocenters. The normalized spacial score (nSPS) is 29.2. The molecule has 1 aromatic rings. The molecule has 3 rings (SSSR count). The van der Waals surface area contributed by atoms with Crippen molar-refractivity contribution in [1.29, 1.82) is 0 Å². The van der Waals surface area contributed by atoms with Gasteiger partial charge in [-0.3, -0.25) is 0 Å². The summed E-state index contributed by atoms with van der Waals surface area (Å²) in [5.74, 6) is 1.78. The molecular formula is C18H26O. The van der Waals surface area contributed by atoms with Gasteiger partial charge in [0, 0.05) is 0 Å². The van der Waals surface area contributed by atoms with Crippen LogP contribution in [0.25, 0.3) is 0 Å². The van der Waals surface area contributed by atoms with E-state index in [0.717, 1.165) is 18.8 Å². The van der Waals surface area contributed by atoms with Crippen LogP contribution >= 0.6 is 0 Å². The van der Waals surface area contributed by atoms with Crippen molar-refractivity contribution in [3.05, 3.63) is 35.4 Å². The van der Waals surface area contributed by atoms with Gasteiger partial charge in [0.2, 0.25) is 0 Å². The highest BCUT2D eigenvalue weighted by molar-refractivity contribution is 5.32. The predicted octanol–water partition coefficient (Wildman–Crippen LogP) is 3.98. The Hall–Kier alpha value is -0.820. The van der Waals surface area contributed by atoms with Crippen LogP contribution in [0.4, 0.5) is 0 Å². The van der Waals surface area contributed by atoms with Gasteiger partial charge < -0.3 is 5.11 Å². The van der Waals surface area contributed by atoms with Crippen LogP contribution in [0.3, 0.4) is 0 Å². The quantitative estimate of drug-likeness (QED) is 0.869. The Labute approximate surface area is 117 Å². The first kappa shape index (κ1) is 13.2. The zero-order valence-electron chi connectivity index (χ0n) is 12.0. The van der Waals surface area contributed by atoms with Crippen molar-refractivity contribution in [2.45, 2.75) is 58.0 Å². The Kier molecular flexibility index (Phi) is 3.93. The molecule has 1 nitrogen and oxygen atoms in total. The Morgan fingerprint density at radius 2 is 1.74 bits per heavy atom. The highest BCUT2D eigenvalue weighted by Gasteiger charge is 2.36. The van der Waals surface area contributed by atoms with E-state index in [9.17, 15) is 5.11 Å². The van der Waals surface area contributed by atoms with Crippen molar-refractivity contribution < 1.29 is 5.11 Å². The molecule has 0 amide bonds. The fraction of sp³-hybridized carbons (Fsp3) is 0.667. The third-order valence-corrected chi connectivity index (χ3v) is 5.50. The van der Waals surface area contributed by atoms with Gasteiger partial charge in [-0.15, -0.1) is 0 Å². The number of benzene rings is 1. The summed E-state index contributed by atoms with van der Waals surface area (Å²) in [6, 6.07) is 8.73. The minimum atomic E-state index is -0.0855. The molecule has 2 aliphatic rings. The molecule has 1 aromatic carbocycles. The van der Waals surface area contributed by atoms with Crippen LogP contribution < -0.4 is 0 Å². The standard InChI is InChI=1S/C18H26O/c1-2-13-7-5-6-10-17(13)18(19)16-11-14-8-3-4-9-15(14)12-16/h3-4,8-9,13,16-19H,2,5-7,10-12H2,1H3. The second kappa shape index (κ2) is 5.66. The van der Waals surface area contributed by atoms with Gasteiger partial charge in [-0.2, -0.15) is 0 Å². The van der Waals surface area contributed by atoms with E-state index < -0.39 is 0 Å². The van der Waals surface area contributed by atoms with Gasteiger partial charge in [0.25, 0.3) is 0 Å². The van der Waals surface area contributed by atoms with Crippen LogP contribution in [0.1, 0.15) is 50.2 Å². The lowest BCUT2D eigenvalue weighted by Crippen LogP contribution is -2.36. The largest absolute Gasteiger partial charge is 0.393 e. The second-order valence-electron chi connectivity index (χ2n) is 6.54. The molecule has 3 unspecified atom stereocenters. The molecule has 1 heteroatoms. The second-order valence-corrected chi connectivity index (χ2v) is 6.54. The molecule has 0 aliphatic heterocycles. The number of rotatable bonds is 3. The zero-order chi connectivity index (χ0) is 13.2. The van der Waals surface area contributed by atoms with Crippen molar-refractivity contribution in [3.63, 3.8) is 0 Å². The topological polar surface area (TPSA) is 20.2 Å². The molecule has 1 saturated carbocycles. The van der Waals surface area contributed by atoms with Crippen molar-refractivity contribution in [2.24, 2.45) is 17.8 Å². The molecule has 0 heterocycles. The first-order valence-corrected chi connectivity index (χ1v) is 8.04. The van der Waals surface area contributed by atoms with E-state index in [-0.39, 0.29) is 6.10 Å². The van der Waals surface area contributed by atoms with E-state index in [0.29, 0.717) is 11.8 Å². The average molecular weight is 258 g/mol. The average Bonchev–Trinajstić information content (AvgIpc) is 2.90. The molecular weight excluding hydrogens is 232 g/mol. The Morgan fingerprint density at radius 3 is 2.37 bits per heavy atom. The predicted molar refractivity (Wildman–Crippen MR) is 79.1 cm³/mol. The monoisotopic (exact) mass is 258 g/mol. The number of aliphatic hydroxyl groups excluding tert-OH is 1. The molecule has 0 radical (unpaired) electrons. The Balaban J connectivity index is 1.70. The van der Waals surface area contributed by atoms with Crippen molar-refractivity contribution in [3.8, 4) is 0 Å². The van der Waals surface area contributed by atoms with E-state index in [4.69, 9.17) is 0 Å². The summed E-state index contributed by atoms with van der Waals surface area (Å²) in [5, 5.41) is 10.8. The van der Waals surface area contributed by atoms with E-state index in [1.54, 1.807) is 0 Å². The van der Waals surface area contributed by atoms with Gasteiger partial charge in [-0.25, -0.2) is 0 Å². The third-order valence-electron chi connectivity index (χ3n) is 5.50. The number of hydrogen-bond donors (Lipinski definition) is 1. The lowest BCUT2D eigenvalue weighted by molar-refractivity contribution is 0.00638. The van der Waals surface area contributed by atoms with E-state index >= 15 is 0 Å². The molecule has 0 spiro atoms. The first-order valence-electron chi connectivity index (χ1n) is 8.04. The maximum Gasteiger partial charge on any atom is 0.0605 e. The summed E-state index contributed by atoms with van der Waals surface area (Å²) < 4.78 is 0. The van der Waals surface area contributed by atoms with Gasteiger partial charge in [-0.1, -0.05) is 56.9 Å². The van der Waals surface area contributed by atoms with Gasteiger partial charge in [0.05, 0.1) is 6.10 Å². The molecule has 0 bridgehead atoms. The Bertz CT molecular complexity index is 400. The van der Waals surface area contributed by atoms with Crippen molar-refractivity contribution in [1.82, 2.24) is 0 Å². The van der Waals surface area contributed by atoms with E-state index in [1.807, 2.05) is 0 Å². The molecule has 0 aromatic heterocycles. The van der Waals surface area contributed by atoms with E-state index in [2.05, 4.69) is 31.2 Å². The van der Waals surface area contributed by atoms with E-state index in [1.165, 1.54) is 43.2 Å². The molecule has 2 aliphatic carbocycles. The molecule has 0 saturated heterocycles. The minimum Gasteiger partial charge on any atom is -0.393 e. The number of fused-ring (bicyclic) bond motifs is 1. The smallest absolute Gasteiger partial charge is 0.0605 e. The minimum absolute atomic E-state index is 0.0855. The van der Waals surface area contributed by atoms with Gasteiger partial charge in [0.1, 0.15) is 0 Å². The molecule has 1 fully saturated rings. The lowest BCUT2D eigenvalue weighted by Gasteiger charge is -2.36. The van der Waals surface area contributed by atoms with Gasteiger partial charge in [0.15, 0.2) is 0 Å². The summed E-state index contributed by atoms with van der Waals surface area (Å²) in [5.41, 5.74) is 2.94. The van der Waals surface area contributed by atoms with Crippen LogP contribution in [0.2, 0.25) is 0 Å². The lowest BCUT2D eigenvalue weighted by atomic mass is 9.71. The molecule has 1 N–H and O–H groups in total. The maximum atomic E-state index is 10.8. The summed E-state index contributed by atoms with van der Waals surface area (Å²) in [4.78, 5) is 0. The molecule has 104 valence electrons. The number of aliphatic hydroxyl groups is 1. The van der Waals surface area contributed by atoms with Crippen LogP contribution in [0.5, 0.6) is 0 Å². The molecule has 19 heavy (non-hydrogen) atoms. The zero-order valence-corrected chi connectivity index (χ0v) is 12.0. The van der Waals surface area contributed by atoms with Crippen LogP contribution in [0.15, 0.2) is 24.3 Å². The number of hydrogen-bond acceptors (Lipinski definition) is 1. The first-order chi connectivity index (χ1) is 9.29. The van der Waals surface area contributed by atoms with Crippen molar-refractivity contribution >= 4 is 0 Å². The summed E-state index contributed by atoms with van der Waals surface area (Å²) in [7, 11) is 0. The summed E-state index contributed by atoms with van der Waals surface area (Å²) in [6.07, 6.45) is 8.59. The SMILES string of the molecule is CCC1CCCCC1C(O)C1Cc2ccccc2C1. The fourth-order valence-corrected chi connectivity index (χ4v) is 4.38. The highest BCUT2D eigenvalue weighted by Crippen LogP contribution is 2.40. The van der Waals surface area contributed by atoms with Crippen LogP contribution in [0, 0.1) is 17.8 Å². The van der Waals surface area contributed by atoms with Crippen LogP contribution in [-0.2, 0) is 12.8 Å². The third kappa shape index (κ3) is 2.58. The van der Waals surface area contributed by atoms with Crippen molar-refractivity contribution in [2.75, 3.05) is 0 Å². The van der Waals surface area contributed by atoms with Gasteiger partial charge in [-0.05, 0) is 48.1 Å². The summed E-state index contributed by atoms with van der Waals surface area (Å²) in [6.45, 7) is 2.29. The van der Waals surface area contributed by atoms with Gasteiger partial charge >= 0.3 is 0 Å². The van der Waals surface area contributed by atoms with Crippen LogP contribution in [-0.4, -0.2) is 11.2 Å².